The minimum Gasteiger partial charge on any atom is -0.494 e. The van der Waals surface area contributed by atoms with E-state index in [9.17, 15) is 9.59 Å². The van der Waals surface area contributed by atoms with Gasteiger partial charge >= 0.3 is 0 Å². The van der Waals surface area contributed by atoms with Crippen molar-refractivity contribution in [2.24, 2.45) is 0 Å². The van der Waals surface area contributed by atoms with E-state index in [1.54, 1.807) is 4.90 Å². The molecule has 0 N–H and O–H groups in total. The molecular formula is C17H24N2O3. The molecule has 0 spiro atoms. The molecule has 22 heavy (non-hydrogen) atoms. The van der Waals surface area contributed by atoms with Gasteiger partial charge in [-0.3, -0.25) is 9.59 Å². The Morgan fingerprint density at radius 1 is 1.23 bits per heavy atom. The van der Waals surface area contributed by atoms with Crippen LogP contribution in [0.4, 0.5) is 0 Å². The third-order valence-electron chi connectivity index (χ3n) is 3.82. The number of carbonyl (C=O) groups is 2. The number of carbonyl (C=O) groups excluding carboxylic acids is 2. The molecule has 0 unspecified atom stereocenters. The molecule has 5 nitrogen and oxygen atoms in total. The summed E-state index contributed by atoms with van der Waals surface area (Å²) in [5.74, 6) is 0.835. The van der Waals surface area contributed by atoms with Crippen LogP contribution in [0.5, 0.6) is 5.75 Å². The van der Waals surface area contributed by atoms with Gasteiger partial charge in [0, 0.05) is 19.1 Å². The Hall–Kier alpha value is -2.04. The van der Waals surface area contributed by atoms with Crippen LogP contribution in [0, 0.1) is 0 Å². The van der Waals surface area contributed by atoms with E-state index in [4.69, 9.17) is 4.74 Å². The summed E-state index contributed by atoms with van der Waals surface area (Å²) in [6, 6.07) is 7.72. The topological polar surface area (TPSA) is 49.9 Å². The van der Waals surface area contributed by atoms with Crippen LogP contribution < -0.4 is 4.74 Å². The number of piperazine rings is 1. The first kappa shape index (κ1) is 16.3. The number of hydrogen-bond donors (Lipinski definition) is 0. The zero-order valence-electron chi connectivity index (χ0n) is 13.5. The molecule has 0 bridgehead atoms. The van der Waals surface area contributed by atoms with Crippen LogP contribution in [-0.4, -0.2) is 53.9 Å². The van der Waals surface area contributed by atoms with Crippen molar-refractivity contribution in [1.29, 1.82) is 0 Å². The van der Waals surface area contributed by atoms with E-state index in [1.807, 2.05) is 49.9 Å². The second-order valence-electron chi connectivity index (χ2n) is 5.75. The van der Waals surface area contributed by atoms with Crippen LogP contribution in [0.1, 0.15) is 26.3 Å². The van der Waals surface area contributed by atoms with Crippen LogP contribution in [0.15, 0.2) is 24.3 Å². The fraction of sp³-hybridized carbons (Fsp3) is 0.529. The van der Waals surface area contributed by atoms with Crippen molar-refractivity contribution >= 4 is 11.8 Å². The van der Waals surface area contributed by atoms with Crippen LogP contribution >= 0.6 is 0 Å². The molecule has 1 aliphatic rings. The zero-order valence-corrected chi connectivity index (χ0v) is 13.5. The molecule has 0 aromatic heterocycles. The molecule has 0 atom stereocenters. The van der Waals surface area contributed by atoms with E-state index in [-0.39, 0.29) is 24.4 Å². The van der Waals surface area contributed by atoms with E-state index >= 15 is 0 Å². The molecule has 0 saturated carbocycles. The smallest absolute Gasteiger partial charge is 0.242 e. The highest BCUT2D eigenvalue weighted by atomic mass is 16.5. The van der Waals surface area contributed by atoms with E-state index < -0.39 is 0 Å². The number of rotatable bonds is 5. The van der Waals surface area contributed by atoms with Gasteiger partial charge in [-0.2, -0.15) is 0 Å². The molecule has 5 heteroatoms. The highest BCUT2D eigenvalue weighted by Crippen LogP contribution is 2.14. The molecule has 120 valence electrons. The van der Waals surface area contributed by atoms with Crippen molar-refractivity contribution in [3.8, 4) is 5.75 Å². The van der Waals surface area contributed by atoms with Gasteiger partial charge in [0.25, 0.3) is 0 Å². The van der Waals surface area contributed by atoms with Gasteiger partial charge in [-0.05, 0) is 38.5 Å². The molecule has 0 radical (unpaired) electrons. The molecule has 1 heterocycles. The monoisotopic (exact) mass is 304 g/mol. The van der Waals surface area contributed by atoms with Crippen molar-refractivity contribution in [3.05, 3.63) is 29.8 Å². The maximum atomic E-state index is 12.3. The second kappa shape index (κ2) is 7.29. The Kier molecular flexibility index (Phi) is 5.41. The molecule has 1 aliphatic heterocycles. The molecule has 1 saturated heterocycles. The summed E-state index contributed by atoms with van der Waals surface area (Å²) in [4.78, 5) is 27.8. The quantitative estimate of drug-likeness (QED) is 0.832. The van der Waals surface area contributed by atoms with Gasteiger partial charge in [-0.1, -0.05) is 12.1 Å². The van der Waals surface area contributed by atoms with E-state index in [0.717, 1.165) is 11.3 Å². The number of ether oxygens (including phenoxy) is 1. The summed E-state index contributed by atoms with van der Waals surface area (Å²) in [5.41, 5.74) is 0.937. The molecule has 2 amide bonds. The Labute approximate surface area is 131 Å². The standard InChI is InChI=1S/C17H24N2O3/c1-4-22-15-7-5-14(6-8-15)11-16(20)18-9-10-19(13(2)3)17(21)12-18/h5-8,13H,4,9-12H2,1-3H3. The van der Waals surface area contributed by atoms with Gasteiger partial charge in [-0.15, -0.1) is 0 Å². The van der Waals surface area contributed by atoms with Gasteiger partial charge in [0.2, 0.25) is 11.8 Å². The molecule has 0 aliphatic carbocycles. The van der Waals surface area contributed by atoms with Crippen LogP contribution in [0.3, 0.4) is 0 Å². The first-order chi connectivity index (χ1) is 10.5. The van der Waals surface area contributed by atoms with E-state index in [1.165, 1.54) is 0 Å². The predicted octanol–water partition coefficient (Wildman–Crippen LogP) is 1.71. The summed E-state index contributed by atoms with van der Waals surface area (Å²) < 4.78 is 5.38. The van der Waals surface area contributed by atoms with Crippen molar-refractivity contribution in [2.45, 2.75) is 33.2 Å². The number of nitrogens with zero attached hydrogens (tertiary/aromatic N) is 2. The Bertz CT molecular complexity index is 525. The molecule has 1 aromatic rings. The molecule has 1 aromatic carbocycles. The average molecular weight is 304 g/mol. The first-order valence-corrected chi connectivity index (χ1v) is 7.80. The van der Waals surface area contributed by atoms with Gasteiger partial charge in [0.1, 0.15) is 5.75 Å². The van der Waals surface area contributed by atoms with Crippen LogP contribution in [-0.2, 0) is 16.0 Å². The van der Waals surface area contributed by atoms with Gasteiger partial charge in [0.15, 0.2) is 0 Å². The lowest BCUT2D eigenvalue weighted by Crippen LogP contribution is -2.54. The van der Waals surface area contributed by atoms with Crippen molar-refractivity contribution < 1.29 is 14.3 Å². The van der Waals surface area contributed by atoms with Gasteiger partial charge < -0.3 is 14.5 Å². The maximum Gasteiger partial charge on any atom is 0.242 e. The van der Waals surface area contributed by atoms with Crippen LogP contribution in [0.25, 0.3) is 0 Å². The SMILES string of the molecule is CCOc1ccc(CC(=O)N2CCN(C(C)C)C(=O)C2)cc1. The Morgan fingerprint density at radius 3 is 2.45 bits per heavy atom. The minimum absolute atomic E-state index is 0.000848. The highest BCUT2D eigenvalue weighted by molar-refractivity contribution is 5.87. The lowest BCUT2D eigenvalue weighted by atomic mass is 10.1. The van der Waals surface area contributed by atoms with Gasteiger partial charge in [-0.25, -0.2) is 0 Å². The normalized spacial score (nSPS) is 15.4. The minimum atomic E-state index is 0.000848. The summed E-state index contributed by atoms with van der Waals surface area (Å²) >= 11 is 0. The fourth-order valence-corrected chi connectivity index (χ4v) is 2.60. The number of amides is 2. The number of benzene rings is 1. The third-order valence-corrected chi connectivity index (χ3v) is 3.82. The predicted molar refractivity (Wildman–Crippen MR) is 84.7 cm³/mol. The summed E-state index contributed by atoms with van der Waals surface area (Å²) in [5, 5.41) is 0. The largest absolute Gasteiger partial charge is 0.494 e. The zero-order chi connectivity index (χ0) is 16.1. The molecule has 2 rings (SSSR count). The molecular weight excluding hydrogens is 280 g/mol. The summed E-state index contributed by atoms with van der Waals surface area (Å²) in [6.07, 6.45) is 0.321. The van der Waals surface area contributed by atoms with E-state index in [0.29, 0.717) is 26.1 Å². The first-order valence-electron chi connectivity index (χ1n) is 7.80. The van der Waals surface area contributed by atoms with Gasteiger partial charge in [0.05, 0.1) is 19.6 Å². The van der Waals surface area contributed by atoms with Crippen molar-refractivity contribution in [1.82, 2.24) is 9.80 Å². The van der Waals surface area contributed by atoms with Crippen molar-refractivity contribution in [3.63, 3.8) is 0 Å². The summed E-state index contributed by atoms with van der Waals surface area (Å²) in [6.45, 7) is 7.97. The van der Waals surface area contributed by atoms with Crippen molar-refractivity contribution in [2.75, 3.05) is 26.2 Å². The number of hydrogen-bond acceptors (Lipinski definition) is 3. The third kappa shape index (κ3) is 4.00. The Balaban J connectivity index is 1.91. The van der Waals surface area contributed by atoms with Crippen LogP contribution in [0.2, 0.25) is 0 Å². The average Bonchev–Trinajstić information content (AvgIpc) is 2.49. The maximum absolute atomic E-state index is 12.3. The molecule has 1 fully saturated rings. The Morgan fingerprint density at radius 2 is 1.91 bits per heavy atom. The summed E-state index contributed by atoms with van der Waals surface area (Å²) in [7, 11) is 0. The van der Waals surface area contributed by atoms with E-state index in [2.05, 4.69) is 0 Å². The lowest BCUT2D eigenvalue weighted by molar-refractivity contribution is -0.146. The fourth-order valence-electron chi connectivity index (χ4n) is 2.60. The second-order valence-corrected chi connectivity index (χ2v) is 5.75. The highest BCUT2D eigenvalue weighted by Gasteiger charge is 2.28. The lowest BCUT2D eigenvalue weighted by Gasteiger charge is -2.36.